The molecule has 0 spiro atoms. The number of thioether (sulfide) groups is 1. The second-order valence-corrected chi connectivity index (χ2v) is 8.29. The number of carbonyl (C=O) groups excluding carboxylic acids is 1. The van der Waals surface area contributed by atoms with Gasteiger partial charge in [-0.2, -0.15) is 0 Å². The molecular weight excluding hydrogens is 376 g/mol. The van der Waals surface area contributed by atoms with Crippen LogP contribution in [-0.2, 0) is 17.6 Å². The molecular formula is C21H24N2O2S2. The summed E-state index contributed by atoms with van der Waals surface area (Å²) >= 11 is 3.07. The van der Waals surface area contributed by atoms with E-state index in [1.165, 1.54) is 22.9 Å². The van der Waals surface area contributed by atoms with Crippen LogP contribution in [0.3, 0.4) is 0 Å². The number of thiazole rings is 1. The average molecular weight is 401 g/mol. The smallest absolute Gasteiger partial charge is 0.234 e. The zero-order valence-electron chi connectivity index (χ0n) is 15.9. The first-order valence-corrected chi connectivity index (χ1v) is 11.0. The highest BCUT2D eigenvalue weighted by atomic mass is 32.2. The summed E-state index contributed by atoms with van der Waals surface area (Å²) in [5.41, 5.74) is 4.27. The third kappa shape index (κ3) is 4.82. The molecule has 0 radical (unpaired) electrons. The van der Waals surface area contributed by atoms with Gasteiger partial charge in [-0.15, -0.1) is 11.3 Å². The fraction of sp³-hybridized carbons (Fsp3) is 0.333. The molecule has 0 aliphatic rings. The molecule has 0 fully saturated rings. The molecule has 4 nitrogen and oxygen atoms in total. The van der Waals surface area contributed by atoms with Crippen molar-refractivity contribution in [3.8, 4) is 5.75 Å². The molecule has 0 aliphatic carbocycles. The minimum atomic E-state index is 0.00450. The van der Waals surface area contributed by atoms with E-state index >= 15 is 0 Å². The molecule has 1 amide bonds. The lowest BCUT2D eigenvalue weighted by molar-refractivity contribution is -0.113. The number of ether oxygens (including phenoxy) is 1. The summed E-state index contributed by atoms with van der Waals surface area (Å²) in [6, 6.07) is 12.1. The first kappa shape index (κ1) is 19.7. The maximum absolute atomic E-state index is 12.5. The molecule has 1 N–H and O–H groups in total. The first-order chi connectivity index (χ1) is 13.1. The van der Waals surface area contributed by atoms with Crippen LogP contribution in [0.1, 0.15) is 31.9 Å². The standard InChI is InChI=1S/C21H24N2O2S2/c1-4-14-8-7-9-15(5-2)20(14)23-19(24)13-26-21-22-17-11-10-16(25-6-3)12-18(17)27-21/h7-12H,4-6,13H2,1-3H3,(H,23,24). The third-order valence-corrected chi connectivity index (χ3v) is 6.40. The molecule has 27 heavy (non-hydrogen) atoms. The molecule has 0 saturated heterocycles. The van der Waals surface area contributed by atoms with Crippen molar-refractivity contribution in [3.05, 3.63) is 47.5 Å². The zero-order valence-corrected chi connectivity index (χ0v) is 17.5. The largest absolute Gasteiger partial charge is 0.494 e. The topological polar surface area (TPSA) is 51.2 Å². The number of nitrogens with zero attached hydrogens (tertiary/aromatic N) is 1. The van der Waals surface area contributed by atoms with Crippen LogP contribution < -0.4 is 10.1 Å². The monoisotopic (exact) mass is 400 g/mol. The van der Waals surface area contributed by atoms with Gasteiger partial charge in [0.1, 0.15) is 5.75 Å². The van der Waals surface area contributed by atoms with Gasteiger partial charge in [0.05, 0.1) is 22.6 Å². The minimum absolute atomic E-state index is 0.00450. The summed E-state index contributed by atoms with van der Waals surface area (Å²) in [5.74, 6) is 1.20. The van der Waals surface area contributed by atoms with Gasteiger partial charge in [-0.25, -0.2) is 4.98 Å². The number of amides is 1. The van der Waals surface area contributed by atoms with Gasteiger partial charge in [0.15, 0.2) is 4.34 Å². The van der Waals surface area contributed by atoms with Crippen LogP contribution >= 0.6 is 23.1 Å². The molecule has 0 unspecified atom stereocenters. The number of benzene rings is 2. The van der Waals surface area contributed by atoms with Crippen LogP contribution in [0, 0.1) is 0 Å². The predicted octanol–water partition coefficient (Wildman–Crippen LogP) is 5.55. The van der Waals surface area contributed by atoms with Crippen molar-refractivity contribution < 1.29 is 9.53 Å². The number of aryl methyl sites for hydroxylation is 2. The number of para-hydroxylation sites is 1. The Kier molecular flexibility index (Phi) is 6.74. The van der Waals surface area contributed by atoms with Gasteiger partial charge >= 0.3 is 0 Å². The van der Waals surface area contributed by atoms with E-state index in [1.807, 2.05) is 25.1 Å². The number of aromatic nitrogens is 1. The molecule has 3 aromatic rings. The Morgan fingerprint density at radius 3 is 2.56 bits per heavy atom. The van der Waals surface area contributed by atoms with Crippen molar-refractivity contribution in [2.24, 2.45) is 0 Å². The molecule has 2 aromatic carbocycles. The minimum Gasteiger partial charge on any atom is -0.494 e. The van der Waals surface area contributed by atoms with Crippen molar-refractivity contribution in [1.29, 1.82) is 0 Å². The molecule has 3 rings (SSSR count). The van der Waals surface area contributed by atoms with Gasteiger partial charge in [-0.05, 0) is 49.1 Å². The predicted molar refractivity (Wildman–Crippen MR) is 115 cm³/mol. The number of fused-ring (bicyclic) bond motifs is 1. The summed E-state index contributed by atoms with van der Waals surface area (Å²) in [4.78, 5) is 17.1. The summed E-state index contributed by atoms with van der Waals surface area (Å²) in [5, 5.41) is 3.11. The summed E-state index contributed by atoms with van der Waals surface area (Å²) < 4.78 is 7.51. The SMILES string of the molecule is CCOc1ccc2nc(SCC(=O)Nc3c(CC)cccc3CC)sc2c1. The lowest BCUT2D eigenvalue weighted by Gasteiger charge is -2.14. The van der Waals surface area contributed by atoms with Crippen LogP contribution in [-0.4, -0.2) is 23.3 Å². The molecule has 142 valence electrons. The van der Waals surface area contributed by atoms with Crippen LogP contribution in [0.25, 0.3) is 10.2 Å². The third-order valence-electron chi connectivity index (χ3n) is 4.24. The number of hydrogen-bond donors (Lipinski definition) is 1. The Bertz CT molecular complexity index is 915. The van der Waals surface area contributed by atoms with E-state index in [0.717, 1.165) is 38.8 Å². The Labute approximate surface area is 168 Å². The zero-order chi connectivity index (χ0) is 19.2. The second-order valence-electron chi connectivity index (χ2n) is 6.04. The highest BCUT2D eigenvalue weighted by Crippen LogP contribution is 2.32. The molecule has 6 heteroatoms. The van der Waals surface area contributed by atoms with Crippen molar-refractivity contribution in [2.45, 2.75) is 38.0 Å². The van der Waals surface area contributed by atoms with Crippen LogP contribution in [0.5, 0.6) is 5.75 Å². The van der Waals surface area contributed by atoms with Crippen molar-refractivity contribution in [3.63, 3.8) is 0 Å². The first-order valence-electron chi connectivity index (χ1n) is 9.21. The van der Waals surface area contributed by atoms with Crippen LogP contribution in [0.4, 0.5) is 5.69 Å². The van der Waals surface area contributed by atoms with Crippen LogP contribution in [0.15, 0.2) is 40.7 Å². The summed E-state index contributed by atoms with van der Waals surface area (Å²) in [7, 11) is 0. The summed E-state index contributed by atoms with van der Waals surface area (Å²) in [6.45, 7) is 6.83. The molecule has 0 saturated carbocycles. The fourth-order valence-electron chi connectivity index (χ4n) is 2.91. The van der Waals surface area contributed by atoms with E-state index in [4.69, 9.17) is 4.74 Å². The number of anilines is 1. The van der Waals surface area contributed by atoms with E-state index < -0.39 is 0 Å². The summed E-state index contributed by atoms with van der Waals surface area (Å²) in [6.07, 6.45) is 1.80. The van der Waals surface area contributed by atoms with E-state index in [0.29, 0.717) is 12.4 Å². The maximum atomic E-state index is 12.5. The maximum Gasteiger partial charge on any atom is 0.234 e. The van der Waals surface area contributed by atoms with Crippen molar-refractivity contribution in [2.75, 3.05) is 17.7 Å². The molecule has 0 atom stereocenters. The second kappa shape index (κ2) is 9.24. The van der Waals surface area contributed by atoms with Crippen LogP contribution in [0.2, 0.25) is 0 Å². The van der Waals surface area contributed by atoms with E-state index in [-0.39, 0.29) is 5.91 Å². The molecule has 1 heterocycles. The van der Waals surface area contributed by atoms with E-state index in [9.17, 15) is 4.79 Å². The Morgan fingerprint density at radius 1 is 1.15 bits per heavy atom. The highest BCUT2D eigenvalue weighted by Gasteiger charge is 2.12. The van der Waals surface area contributed by atoms with Gasteiger partial charge in [0.25, 0.3) is 0 Å². The highest BCUT2D eigenvalue weighted by molar-refractivity contribution is 8.01. The lowest BCUT2D eigenvalue weighted by Crippen LogP contribution is -2.16. The van der Waals surface area contributed by atoms with Crippen molar-refractivity contribution in [1.82, 2.24) is 4.98 Å². The van der Waals surface area contributed by atoms with E-state index in [2.05, 4.69) is 42.3 Å². The fourth-order valence-corrected chi connectivity index (χ4v) is 4.80. The quantitative estimate of drug-likeness (QED) is 0.504. The van der Waals surface area contributed by atoms with Gasteiger partial charge in [0, 0.05) is 5.69 Å². The number of carbonyl (C=O) groups is 1. The van der Waals surface area contributed by atoms with Gasteiger partial charge in [0.2, 0.25) is 5.91 Å². The number of hydrogen-bond acceptors (Lipinski definition) is 5. The van der Waals surface area contributed by atoms with Crippen molar-refractivity contribution >= 4 is 44.9 Å². The molecule has 0 aliphatic heterocycles. The molecule has 1 aromatic heterocycles. The Morgan fingerprint density at radius 2 is 1.89 bits per heavy atom. The average Bonchev–Trinajstić information content (AvgIpc) is 3.09. The number of nitrogens with one attached hydrogen (secondary N) is 1. The van der Waals surface area contributed by atoms with Gasteiger partial charge in [-0.1, -0.05) is 43.8 Å². The Balaban J connectivity index is 1.67. The number of rotatable bonds is 8. The normalized spacial score (nSPS) is 10.9. The van der Waals surface area contributed by atoms with Gasteiger partial charge in [-0.3, -0.25) is 4.79 Å². The molecule has 0 bridgehead atoms. The Hall–Kier alpha value is -2.05. The lowest BCUT2D eigenvalue weighted by atomic mass is 10.0. The van der Waals surface area contributed by atoms with Gasteiger partial charge < -0.3 is 10.1 Å². The van der Waals surface area contributed by atoms with E-state index in [1.54, 1.807) is 11.3 Å².